The second-order valence-electron chi connectivity index (χ2n) is 19.2. The van der Waals surface area contributed by atoms with Crippen LogP contribution in [0.4, 0.5) is 29.3 Å². The number of benzene rings is 2. The van der Waals surface area contributed by atoms with Crippen molar-refractivity contribution in [2.45, 2.75) is 125 Å². The van der Waals surface area contributed by atoms with Crippen LogP contribution in [0.2, 0.25) is 0 Å². The molecule has 2 aliphatic rings. The number of nitrogens with zero attached hydrogens (tertiary/aromatic N) is 4. The van der Waals surface area contributed by atoms with Crippen molar-refractivity contribution in [1.82, 2.24) is 20.4 Å². The van der Waals surface area contributed by atoms with E-state index in [1.54, 1.807) is 117 Å². The molecule has 18 heteroatoms. The van der Waals surface area contributed by atoms with Crippen molar-refractivity contribution in [2.75, 3.05) is 38.1 Å². The third-order valence-electron chi connectivity index (χ3n) is 8.89. The van der Waals surface area contributed by atoms with Crippen LogP contribution in [0.5, 0.6) is 5.75 Å². The Balaban J connectivity index is 1.48. The van der Waals surface area contributed by atoms with Crippen molar-refractivity contribution in [3.8, 4) is 5.75 Å². The van der Waals surface area contributed by atoms with Crippen LogP contribution < -0.4 is 20.7 Å². The Hall–Kier alpha value is -6.46. The smallest absolute Gasteiger partial charge is 0.437 e. The molecule has 2 heterocycles. The summed E-state index contributed by atoms with van der Waals surface area (Å²) in [5, 5.41) is 7.98. The lowest BCUT2D eigenvalue weighted by atomic mass is 9.97. The van der Waals surface area contributed by atoms with E-state index in [4.69, 9.17) is 23.7 Å². The zero-order valence-corrected chi connectivity index (χ0v) is 39.8. The minimum atomic E-state index is -0.895. The summed E-state index contributed by atoms with van der Waals surface area (Å²) in [4.78, 5) is 75.5. The number of aliphatic imine (C=N–C) groups is 2. The molecule has 17 nitrogen and oxygen atoms in total. The van der Waals surface area contributed by atoms with E-state index >= 15 is 4.39 Å². The lowest BCUT2D eigenvalue weighted by molar-refractivity contribution is 0.0536. The van der Waals surface area contributed by atoms with Gasteiger partial charge in [-0.15, -0.1) is 9.98 Å². The molecule has 0 saturated heterocycles. The van der Waals surface area contributed by atoms with Crippen molar-refractivity contribution in [3.05, 3.63) is 71.1 Å². The molecular weight excluding hydrogens is 842 g/mol. The highest BCUT2D eigenvalue weighted by molar-refractivity contribution is 6.05. The maximum Gasteiger partial charge on any atom is 0.437 e. The highest BCUT2D eigenvalue weighted by Gasteiger charge is 2.28. The van der Waals surface area contributed by atoms with Gasteiger partial charge in [-0.2, -0.15) is 0 Å². The summed E-state index contributed by atoms with van der Waals surface area (Å²) in [6, 6.07) is 9.50. The van der Waals surface area contributed by atoms with E-state index in [1.807, 2.05) is 19.1 Å². The third kappa shape index (κ3) is 16.9. The first-order chi connectivity index (χ1) is 30.1. The van der Waals surface area contributed by atoms with E-state index in [9.17, 15) is 24.0 Å². The number of guanidine groups is 2. The summed E-state index contributed by atoms with van der Waals surface area (Å²) in [5.41, 5.74) is 0.0205. The number of rotatable bonds is 6. The molecule has 0 radical (unpaired) electrons. The molecule has 4 rings (SSSR count). The number of hydrogen-bond donors (Lipinski definition) is 3. The summed E-state index contributed by atoms with van der Waals surface area (Å²) in [6.45, 7) is 23.8. The van der Waals surface area contributed by atoms with E-state index in [0.29, 0.717) is 48.6 Å². The van der Waals surface area contributed by atoms with Crippen molar-refractivity contribution >= 4 is 59.0 Å². The van der Waals surface area contributed by atoms with E-state index in [2.05, 4.69) is 25.9 Å². The van der Waals surface area contributed by atoms with Crippen LogP contribution in [-0.4, -0.2) is 107 Å². The van der Waals surface area contributed by atoms with E-state index in [0.717, 1.165) is 11.1 Å². The van der Waals surface area contributed by atoms with Gasteiger partial charge >= 0.3 is 24.4 Å². The summed E-state index contributed by atoms with van der Waals surface area (Å²) in [7, 11) is 0. The average Bonchev–Trinajstić information content (AvgIpc) is 3.15. The Morgan fingerprint density at radius 3 is 1.48 bits per heavy atom. The van der Waals surface area contributed by atoms with Crippen LogP contribution >= 0.6 is 0 Å². The number of halogens is 1. The molecule has 0 atom stereocenters. The predicted octanol–water partition coefficient (Wildman–Crippen LogP) is 9.29. The van der Waals surface area contributed by atoms with E-state index in [1.165, 1.54) is 12.1 Å². The van der Waals surface area contributed by atoms with Gasteiger partial charge in [0.1, 0.15) is 34.0 Å². The monoisotopic (exact) mass is 905 g/mol. The summed E-state index contributed by atoms with van der Waals surface area (Å²) < 4.78 is 43.2. The van der Waals surface area contributed by atoms with Gasteiger partial charge in [0.05, 0.1) is 6.61 Å². The maximum absolute atomic E-state index is 15.7. The number of carbonyl (C=O) groups is 5. The largest absolute Gasteiger partial charge is 0.493 e. The number of anilines is 1. The second kappa shape index (κ2) is 21.0. The lowest BCUT2D eigenvalue weighted by Crippen LogP contribution is -2.48. The predicted molar refractivity (Wildman–Crippen MR) is 246 cm³/mol. The highest BCUT2D eigenvalue weighted by Crippen LogP contribution is 2.34. The normalized spacial score (nSPS) is 15.2. The van der Waals surface area contributed by atoms with Gasteiger partial charge in [0, 0.05) is 54.6 Å². The van der Waals surface area contributed by atoms with Crippen molar-refractivity contribution in [1.29, 1.82) is 0 Å². The van der Waals surface area contributed by atoms with Crippen LogP contribution in [0, 0.1) is 5.82 Å². The number of alkyl carbamates (subject to hydrolysis) is 2. The maximum atomic E-state index is 15.7. The summed E-state index contributed by atoms with van der Waals surface area (Å²) in [6.07, 6.45) is 1.18. The fourth-order valence-electron chi connectivity index (χ4n) is 6.36. The number of carbonyl (C=O) groups excluding carboxylic acids is 5. The van der Waals surface area contributed by atoms with Gasteiger partial charge in [-0.1, -0.05) is 18.2 Å². The van der Waals surface area contributed by atoms with Gasteiger partial charge < -0.3 is 38.8 Å². The van der Waals surface area contributed by atoms with Crippen molar-refractivity contribution in [3.63, 3.8) is 0 Å². The number of nitrogens with one attached hydrogen (secondary N) is 3. The molecule has 0 unspecified atom stereocenters. The van der Waals surface area contributed by atoms with Gasteiger partial charge in [-0.25, -0.2) is 23.6 Å². The van der Waals surface area contributed by atoms with Crippen LogP contribution in [0.3, 0.4) is 0 Å². The van der Waals surface area contributed by atoms with E-state index < -0.39 is 58.5 Å². The number of ether oxygens (including phenoxy) is 5. The Labute approximate surface area is 380 Å². The highest BCUT2D eigenvalue weighted by atomic mass is 19.1. The first kappa shape index (κ1) is 51.2. The van der Waals surface area contributed by atoms with Crippen molar-refractivity contribution in [2.24, 2.45) is 9.98 Å². The van der Waals surface area contributed by atoms with Gasteiger partial charge in [-0.05, 0) is 138 Å². The molecule has 0 bridgehead atoms. The second-order valence-corrected chi connectivity index (χ2v) is 19.2. The zero-order chi connectivity index (χ0) is 48.5. The minimum absolute atomic E-state index is 0.0103. The summed E-state index contributed by atoms with van der Waals surface area (Å²) in [5.74, 6) is -0.698. The lowest BCUT2D eigenvalue weighted by Gasteiger charge is -2.30. The molecular formula is C47H64FN7O10. The molecule has 0 aromatic heterocycles. The van der Waals surface area contributed by atoms with Crippen LogP contribution in [0.25, 0.3) is 11.1 Å². The minimum Gasteiger partial charge on any atom is -0.493 e. The Morgan fingerprint density at radius 1 is 0.631 bits per heavy atom. The van der Waals surface area contributed by atoms with Gasteiger partial charge in [-0.3, -0.25) is 15.4 Å². The standard InChI is InChI=1S/C47H64FN7O10/c1-14-61-36-28-32(16-18-34(36)30-21-25-55(26-22-30)39(52-42(59)64-46(8,9)10)53-43(60)65-47(11,12)13)49-37(56)31-15-17-33(35(48)27-31)29-19-23-54(24-20-29)38(50-40(57)62-44(2,3)4)51-41(58)63-45(5,6)7/h15-19,21,27-28H,14,20,22-26H2,1-13H3,(H,49,56)(H,50,51,57,58)(H,52,53,59,60). The first-order valence-electron chi connectivity index (χ1n) is 21.5. The fourth-order valence-corrected chi connectivity index (χ4v) is 6.36. The molecule has 0 aliphatic carbocycles. The quantitative estimate of drug-likeness (QED) is 0.141. The summed E-state index contributed by atoms with van der Waals surface area (Å²) >= 11 is 0. The molecule has 2 aromatic rings. The molecule has 65 heavy (non-hydrogen) atoms. The first-order valence-corrected chi connectivity index (χ1v) is 21.5. The Morgan fingerprint density at radius 2 is 1.08 bits per heavy atom. The third-order valence-corrected chi connectivity index (χ3v) is 8.89. The Kier molecular flexibility index (Phi) is 16.6. The molecule has 5 amide bonds. The molecule has 0 fully saturated rings. The van der Waals surface area contributed by atoms with Gasteiger partial charge in [0.25, 0.3) is 5.91 Å². The molecule has 0 saturated carbocycles. The average molecular weight is 906 g/mol. The number of amides is 5. The number of hydrogen-bond acceptors (Lipinski definition) is 10. The topological polar surface area (TPSA) is 199 Å². The van der Waals surface area contributed by atoms with Crippen molar-refractivity contribution < 1.29 is 52.0 Å². The molecule has 3 N–H and O–H groups in total. The molecule has 354 valence electrons. The van der Waals surface area contributed by atoms with Gasteiger partial charge in [0.2, 0.25) is 11.9 Å². The fraction of sp³-hybridized carbons (Fsp3) is 0.511. The van der Waals surface area contributed by atoms with Crippen LogP contribution in [0.15, 0.2) is 58.5 Å². The molecule has 2 aliphatic heterocycles. The van der Waals surface area contributed by atoms with E-state index in [-0.39, 0.29) is 37.1 Å². The molecule has 2 aromatic carbocycles. The van der Waals surface area contributed by atoms with Crippen LogP contribution in [0.1, 0.15) is 124 Å². The Bertz CT molecular complexity index is 2240. The van der Waals surface area contributed by atoms with Gasteiger partial charge in [0.15, 0.2) is 0 Å². The molecule has 0 spiro atoms. The SMILES string of the molecule is CCOc1cc(NC(=O)c2ccc(C3=CCN(/C(=N\C(=O)OC(C)(C)C)NC(=O)OC(C)(C)C)CC3)c(F)c2)ccc1C1=CCN(/C(=N\C(=O)OC(C)(C)C)NC(=O)OC(C)(C)C)CC1. The zero-order valence-electron chi connectivity index (χ0n) is 39.8. The van der Waals surface area contributed by atoms with Crippen LogP contribution in [-0.2, 0) is 18.9 Å².